The fraction of sp³-hybridized carbons (Fsp3) is 0.250. The zero-order valence-electron chi connectivity index (χ0n) is 13.4. The van der Waals surface area contributed by atoms with E-state index in [9.17, 15) is 12.6 Å². The third kappa shape index (κ3) is 3.92. The van der Waals surface area contributed by atoms with E-state index in [1.165, 1.54) is 0 Å². The van der Waals surface area contributed by atoms with Crippen molar-refractivity contribution in [1.29, 1.82) is 0 Å². The lowest BCUT2D eigenvalue weighted by Crippen LogP contribution is -2.15. The summed E-state index contributed by atoms with van der Waals surface area (Å²) in [5.74, 6) is 0.643. The summed E-state index contributed by atoms with van der Waals surface area (Å²) in [6.45, 7) is 3.51. The van der Waals surface area contributed by atoms with E-state index in [2.05, 4.69) is 4.72 Å². The lowest BCUT2D eigenvalue weighted by molar-refractivity contribution is 0.411. The highest BCUT2D eigenvalue weighted by molar-refractivity contribution is 7.92. The normalized spacial score (nSPS) is 12.7. The lowest BCUT2D eigenvalue weighted by Gasteiger charge is -2.13. The second kappa shape index (κ2) is 6.72. The minimum absolute atomic E-state index is 0.193. The number of rotatable bonds is 5. The first kappa shape index (κ1) is 17.5. The van der Waals surface area contributed by atoms with Crippen LogP contribution in [0.25, 0.3) is 0 Å². The fourth-order valence-electron chi connectivity index (χ4n) is 2.22. The van der Waals surface area contributed by atoms with Gasteiger partial charge in [0.2, 0.25) is 0 Å². The maximum absolute atomic E-state index is 12.6. The summed E-state index contributed by atoms with van der Waals surface area (Å²) in [6.07, 6.45) is 1.55. The van der Waals surface area contributed by atoms with Crippen LogP contribution in [0.1, 0.15) is 11.1 Å². The molecule has 2 aromatic rings. The van der Waals surface area contributed by atoms with E-state index in [4.69, 9.17) is 4.74 Å². The van der Waals surface area contributed by atoms with E-state index in [-0.39, 0.29) is 4.90 Å². The van der Waals surface area contributed by atoms with Crippen molar-refractivity contribution in [3.05, 3.63) is 47.5 Å². The Balaban J connectivity index is 2.42. The Labute approximate surface area is 139 Å². The van der Waals surface area contributed by atoms with E-state index in [0.29, 0.717) is 21.9 Å². The summed E-state index contributed by atoms with van der Waals surface area (Å²) < 4.78 is 44.5. The fourth-order valence-corrected chi connectivity index (χ4v) is 4.15. The first-order valence-electron chi connectivity index (χ1n) is 6.86. The Morgan fingerprint density at radius 1 is 1.09 bits per heavy atom. The highest BCUT2D eigenvalue weighted by Gasteiger charge is 2.19. The van der Waals surface area contributed by atoms with Crippen LogP contribution in [-0.4, -0.2) is 26.0 Å². The van der Waals surface area contributed by atoms with Gasteiger partial charge in [-0.1, -0.05) is 6.07 Å². The summed E-state index contributed by atoms with van der Waals surface area (Å²) in [7, 11) is -3.37. The van der Waals surface area contributed by atoms with Crippen LogP contribution in [0.15, 0.2) is 46.2 Å². The highest BCUT2D eigenvalue weighted by atomic mass is 32.2. The molecule has 0 heterocycles. The number of benzene rings is 2. The Morgan fingerprint density at radius 3 is 2.39 bits per heavy atom. The van der Waals surface area contributed by atoms with E-state index in [1.54, 1.807) is 63.6 Å². The van der Waals surface area contributed by atoms with Crippen molar-refractivity contribution in [3.8, 4) is 5.75 Å². The van der Waals surface area contributed by atoms with E-state index >= 15 is 0 Å². The molecular formula is C16H19NO4S2. The molecule has 1 N–H and O–H groups in total. The molecule has 1 atom stereocenters. The van der Waals surface area contributed by atoms with E-state index in [0.717, 1.165) is 5.56 Å². The second-order valence-corrected chi connectivity index (χ2v) is 8.21. The number of methoxy groups -OCH3 is 1. The van der Waals surface area contributed by atoms with Crippen LogP contribution in [0.5, 0.6) is 5.75 Å². The summed E-state index contributed by atoms with van der Waals surface area (Å²) in [6, 6.07) is 9.83. The molecular weight excluding hydrogens is 334 g/mol. The molecule has 0 spiro atoms. The number of anilines is 1. The number of ether oxygens (including phenoxy) is 1. The number of aryl methyl sites for hydroxylation is 2. The van der Waals surface area contributed by atoms with Crippen molar-refractivity contribution in [2.45, 2.75) is 23.6 Å². The molecule has 0 saturated heterocycles. The minimum atomic E-state index is -3.74. The molecule has 0 bridgehead atoms. The molecule has 7 heteroatoms. The van der Waals surface area contributed by atoms with Gasteiger partial charge in [0.1, 0.15) is 5.75 Å². The summed E-state index contributed by atoms with van der Waals surface area (Å²) in [5, 5.41) is 0. The first-order chi connectivity index (χ1) is 10.7. The van der Waals surface area contributed by atoms with Crippen LogP contribution in [-0.2, 0) is 20.8 Å². The molecule has 0 unspecified atom stereocenters. The summed E-state index contributed by atoms with van der Waals surface area (Å²) >= 11 is 0. The predicted octanol–water partition coefficient (Wildman–Crippen LogP) is 2.85. The molecule has 0 aliphatic carbocycles. The van der Waals surface area contributed by atoms with Gasteiger partial charge in [0.25, 0.3) is 10.0 Å². The Bertz CT molecular complexity index is 860. The molecule has 2 aromatic carbocycles. The largest absolute Gasteiger partial charge is 0.496 e. The number of nitrogens with one attached hydrogen (secondary N) is 1. The van der Waals surface area contributed by atoms with Gasteiger partial charge in [-0.05, 0) is 55.3 Å². The topological polar surface area (TPSA) is 72.5 Å². The van der Waals surface area contributed by atoms with Gasteiger partial charge >= 0.3 is 0 Å². The van der Waals surface area contributed by atoms with Crippen LogP contribution < -0.4 is 9.46 Å². The number of sulfonamides is 1. The van der Waals surface area contributed by atoms with E-state index in [1.807, 2.05) is 0 Å². The monoisotopic (exact) mass is 353 g/mol. The molecule has 23 heavy (non-hydrogen) atoms. The zero-order valence-corrected chi connectivity index (χ0v) is 15.0. The average Bonchev–Trinajstić information content (AvgIpc) is 2.48. The maximum atomic E-state index is 12.6. The van der Waals surface area contributed by atoms with Crippen molar-refractivity contribution in [3.63, 3.8) is 0 Å². The molecule has 0 aliphatic rings. The van der Waals surface area contributed by atoms with Crippen molar-refractivity contribution >= 4 is 26.5 Å². The van der Waals surface area contributed by atoms with Gasteiger partial charge < -0.3 is 4.74 Å². The second-order valence-electron chi connectivity index (χ2n) is 5.17. The van der Waals surface area contributed by atoms with Crippen LogP contribution in [0.3, 0.4) is 0 Å². The van der Waals surface area contributed by atoms with Crippen molar-refractivity contribution in [2.24, 2.45) is 0 Å². The van der Waals surface area contributed by atoms with Gasteiger partial charge in [-0.2, -0.15) is 0 Å². The smallest absolute Gasteiger partial charge is 0.262 e. The molecule has 0 aliphatic heterocycles. The van der Waals surface area contributed by atoms with Crippen LogP contribution in [0, 0.1) is 13.8 Å². The van der Waals surface area contributed by atoms with Crippen LogP contribution >= 0.6 is 0 Å². The van der Waals surface area contributed by atoms with Gasteiger partial charge in [-0.3, -0.25) is 8.93 Å². The maximum Gasteiger partial charge on any atom is 0.262 e. The Hall–Kier alpha value is -1.86. The molecule has 0 radical (unpaired) electrons. The van der Waals surface area contributed by atoms with Crippen LogP contribution in [0.2, 0.25) is 0 Å². The third-order valence-corrected chi connectivity index (χ3v) is 5.84. The standard InChI is InChI=1S/C16H19NO4S2/c1-11-9-16(12(2)8-15(11)21-3)23(19,20)17-13-6-5-7-14(10-13)22(4)18/h5-10,17H,1-4H3/t22-/m1/s1. The molecule has 5 nitrogen and oxygen atoms in total. The average molecular weight is 353 g/mol. The highest BCUT2D eigenvalue weighted by Crippen LogP contribution is 2.27. The lowest BCUT2D eigenvalue weighted by atomic mass is 10.1. The molecule has 0 amide bonds. The van der Waals surface area contributed by atoms with Crippen molar-refractivity contribution in [1.82, 2.24) is 0 Å². The predicted molar refractivity (Wildman–Crippen MR) is 92.1 cm³/mol. The van der Waals surface area contributed by atoms with Crippen molar-refractivity contribution < 1.29 is 17.4 Å². The molecule has 124 valence electrons. The van der Waals surface area contributed by atoms with Gasteiger partial charge in [-0.15, -0.1) is 0 Å². The summed E-state index contributed by atoms with van der Waals surface area (Å²) in [5.41, 5.74) is 1.71. The first-order valence-corrected chi connectivity index (χ1v) is 9.90. The van der Waals surface area contributed by atoms with Crippen LogP contribution in [0.4, 0.5) is 5.69 Å². The van der Waals surface area contributed by atoms with E-state index < -0.39 is 20.8 Å². The zero-order chi connectivity index (χ0) is 17.2. The number of hydrogen-bond donors (Lipinski definition) is 1. The molecule has 0 saturated carbocycles. The Morgan fingerprint density at radius 2 is 1.78 bits per heavy atom. The quantitative estimate of drug-likeness (QED) is 0.897. The van der Waals surface area contributed by atoms with Gasteiger partial charge in [0.05, 0.1) is 17.7 Å². The molecule has 2 rings (SSSR count). The molecule has 0 fully saturated rings. The molecule has 0 aromatic heterocycles. The van der Waals surface area contributed by atoms with Gasteiger partial charge in [0, 0.05) is 22.0 Å². The third-order valence-electron chi connectivity index (χ3n) is 3.40. The minimum Gasteiger partial charge on any atom is -0.496 e. The van der Waals surface area contributed by atoms with Gasteiger partial charge in [0.15, 0.2) is 0 Å². The van der Waals surface area contributed by atoms with Crippen molar-refractivity contribution in [2.75, 3.05) is 18.1 Å². The number of hydrogen-bond acceptors (Lipinski definition) is 4. The van der Waals surface area contributed by atoms with Gasteiger partial charge in [-0.25, -0.2) is 8.42 Å². The summed E-state index contributed by atoms with van der Waals surface area (Å²) in [4.78, 5) is 0.756. The SMILES string of the molecule is COc1cc(C)c(S(=O)(=O)Nc2cccc([S@@](C)=O)c2)cc1C. The Kier molecular flexibility index (Phi) is 5.11.